The number of carbonyl (C=O) groups excluding carboxylic acids is 1. The minimum Gasteiger partial charge on any atom is -0.357 e. The molecule has 2 heterocycles. The maximum Gasteiger partial charge on any atom is 0.242 e. The first-order valence-electron chi connectivity index (χ1n) is 10.3. The SMILES string of the molecule is CCNC(=NCCC1CCN(C)CC1)N1CC(=O)N(C(C)C)C(C)(C)C1. The van der Waals surface area contributed by atoms with E-state index in [1.165, 1.54) is 25.9 Å². The van der Waals surface area contributed by atoms with E-state index < -0.39 is 0 Å². The number of rotatable bonds is 5. The zero-order valence-electron chi connectivity index (χ0n) is 17.7. The van der Waals surface area contributed by atoms with Crippen molar-refractivity contribution in [2.75, 3.05) is 46.3 Å². The summed E-state index contributed by atoms with van der Waals surface area (Å²) in [5.41, 5.74) is -0.187. The van der Waals surface area contributed by atoms with Crippen LogP contribution in [0.5, 0.6) is 0 Å². The Kier molecular flexibility index (Phi) is 7.33. The Bertz CT molecular complexity index is 494. The molecule has 0 aromatic heterocycles. The van der Waals surface area contributed by atoms with E-state index in [9.17, 15) is 4.79 Å². The minimum absolute atomic E-state index is 0.187. The third kappa shape index (κ3) is 5.35. The molecule has 0 aromatic carbocycles. The van der Waals surface area contributed by atoms with Gasteiger partial charge in [0.1, 0.15) is 0 Å². The lowest BCUT2D eigenvalue weighted by Crippen LogP contribution is -2.66. The number of hydrogen-bond donors (Lipinski definition) is 1. The molecule has 2 rings (SSSR count). The molecule has 0 bridgehead atoms. The van der Waals surface area contributed by atoms with Gasteiger partial charge in [0.25, 0.3) is 0 Å². The summed E-state index contributed by atoms with van der Waals surface area (Å²) in [6.07, 6.45) is 3.70. The molecule has 1 amide bonds. The molecule has 2 fully saturated rings. The van der Waals surface area contributed by atoms with Crippen LogP contribution < -0.4 is 5.32 Å². The van der Waals surface area contributed by atoms with Gasteiger partial charge in [0.05, 0.1) is 12.1 Å². The lowest BCUT2D eigenvalue weighted by atomic mass is 9.94. The van der Waals surface area contributed by atoms with Crippen molar-refractivity contribution in [3.05, 3.63) is 0 Å². The van der Waals surface area contributed by atoms with Crippen LogP contribution in [0, 0.1) is 5.92 Å². The van der Waals surface area contributed by atoms with Gasteiger partial charge in [-0.05, 0) is 79.9 Å². The zero-order chi connectivity index (χ0) is 19.3. The third-order valence-corrected chi connectivity index (χ3v) is 5.61. The molecule has 0 radical (unpaired) electrons. The van der Waals surface area contributed by atoms with E-state index in [4.69, 9.17) is 4.99 Å². The highest BCUT2D eigenvalue weighted by atomic mass is 16.2. The van der Waals surface area contributed by atoms with E-state index in [-0.39, 0.29) is 17.5 Å². The lowest BCUT2D eigenvalue weighted by molar-refractivity contribution is -0.145. The molecule has 2 saturated heterocycles. The van der Waals surface area contributed by atoms with E-state index in [0.29, 0.717) is 6.54 Å². The number of piperidine rings is 1. The van der Waals surface area contributed by atoms with Crippen LogP contribution in [0.4, 0.5) is 0 Å². The molecular formula is C20H39N5O. The highest BCUT2D eigenvalue weighted by Gasteiger charge is 2.40. The summed E-state index contributed by atoms with van der Waals surface area (Å²) in [4.78, 5) is 24.2. The van der Waals surface area contributed by atoms with Crippen molar-refractivity contribution in [2.24, 2.45) is 10.9 Å². The van der Waals surface area contributed by atoms with Gasteiger partial charge in [0, 0.05) is 25.7 Å². The summed E-state index contributed by atoms with van der Waals surface area (Å²) in [6.45, 7) is 15.9. The van der Waals surface area contributed by atoms with Crippen molar-refractivity contribution < 1.29 is 4.79 Å². The summed E-state index contributed by atoms with van der Waals surface area (Å²) in [5, 5.41) is 3.40. The lowest BCUT2D eigenvalue weighted by Gasteiger charge is -2.49. The van der Waals surface area contributed by atoms with E-state index in [1.54, 1.807) is 0 Å². The summed E-state index contributed by atoms with van der Waals surface area (Å²) < 4.78 is 0. The Morgan fingerprint density at radius 3 is 2.50 bits per heavy atom. The molecule has 26 heavy (non-hydrogen) atoms. The molecule has 150 valence electrons. The third-order valence-electron chi connectivity index (χ3n) is 5.61. The van der Waals surface area contributed by atoms with Gasteiger partial charge in [0.15, 0.2) is 5.96 Å². The van der Waals surface area contributed by atoms with Gasteiger partial charge >= 0.3 is 0 Å². The molecule has 0 unspecified atom stereocenters. The number of carbonyl (C=O) groups is 1. The van der Waals surface area contributed by atoms with Crippen molar-refractivity contribution in [1.82, 2.24) is 20.0 Å². The number of aliphatic imine (C=N–C) groups is 1. The van der Waals surface area contributed by atoms with E-state index >= 15 is 0 Å². The summed E-state index contributed by atoms with van der Waals surface area (Å²) >= 11 is 0. The highest BCUT2D eigenvalue weighted by Crippen LogP contribution is 2.24. The summed E-state index contributed by atoms with van der Waals surface area (Å²) in [5.74, 6) is 1.87. The maximum atomic E-state index is 12.7. The average Bonchev–Trinajstić information content (AvgIpc) is 2.54. The minimum atomic E-state index is -0.187. The van der Waals surface area contributed by atoms with Crippen molar-refractivity contribution in [1.29, 1.82) is 0 Å². The van der Waals surface area contributed by atoms with Crippen LogP contribution in [0.25, 0.3) is 0 Å². The van der Waals surface area contributed by atoms with Crippen LogP contribution in [-0.4, -0.2) is 84.5 Å². The first-order valence-corrected chi connectivity index (χ1v) is 10.3. The van der Waals surface area contributed by atoms with Crippen molar-refractivity contribution in [3.63, 3.8) is 0 Å². The zero-order valence-corrected chi connectivity index (χ0v) is 17.7. The fourth-order valence-electron chi connectivity index (χ4n) is 4.44. The fourth-order valence-corrected chi connectivity index (χ4v) is 4.44. The van der Waals surface area contributed by atoms with Gasteiger partial charge in [-0.2, -0.15) is 0 Å². The smallest absolute Gasteiger partial charge is 0.242 e. The molecule has 0 aromatic rings. The first kappa shape index (κ1) is 21.0. The normalized spacial score (nSPS) is 23.0. The summed E-state index contributed by atoms with van der Waals surface area (Å²) in [7, 11) is 2.20. The molecule has 0 saturated carbocycles. The van der Waals surface area contributed by atoms with E-state index in [1.807, 2.05) is 4.90 Å². The number of piperazine rings is 1. The number of nitrogens with zero attached hydrogens (tertiary/aromatic N) is 4. The van der Waals surface area contributed by atoms with E-state index in [2.05, 4.69) is 56.8 Å². The van der Waals surface area contributed by atoms with Crippen LogP contribution in [0.1, 0.15) is 53.9 Å². The quantitative estimate of drug-likeness (QED) is 0.598. The Morgan fingerprint density at radius 2 is 1.96 bits per heavy atom. The Morgan fingerprint density at radius 1 is 1.31 bits per heavy atom. The van der Waals surface area contributed by atoms with Crippen molar-refractivity contribution in [3.8, 4) is 0 Å². The number of guanidine groups is 1. The Labute approximate surface area is 160 Å². The van der Waals surface area contributed by atoms with Crippen LogP contribution in [-0.2, 0) is 4.79 Å². The second-order valence-electron chi connectivity index (χ2n) is 8.80. The molecule has 0 spiro atoms. The molecular weight excluding hydrogens is 326 g/mol. The molecule has 6 heteroatoms. The average molecular weight is 366 g/mol. The second-order valence-corrected chi connectivity index (χ2v) is 8.80. The van der Waals surface area contributed by atoms with Gasteiger partial charge < -0.3 is 20.0 Å². The van der Waals surface area contributed by atoms with Crippen LogP contribution in [0.3, 0.4) is 0 Å². The number of nitrogens with one attached hydrogen (secondary N) is 1. The highest BCUT2D eigenvalue weighted by molar-refractivity contribution is 5.88. The molecule has 1 N–H and O–H groups in total. The van der Waals surface area contributed by atoms with Crippen molar-refractivity contribution in [2.45, 2.75) is 65.5 Å². The number of hydrogen-bond acceptors (Lipinski definition) is 3. The van der Waals surface area contributed by atoms with Crippen LogP contribution in [0.15, 0.2) is 4.99 Å². The largest absolute Gasteiger partial charge is 0.357 e. The Balaban J connectivity index is 1.98. The molecule has 0 atom stereocenters. The van der Waals surface area contributed by atoms with Crippen LogP contribution in [0.2, 0.25) is 0 Å². The van der Waals surface area contributed by atoms with Gasteiger partial charge in [-0.3, -0.25) is 9.79 Å². The van der Waals surface area contributed by atoms with Crippen LogP contribution >= 0.6 is 0 Å². The maximum absolute atomic E-state index is 12.7. The standard InChI is InChI=1S/C20H39N5O/c1-7-21-19(22-11-8-17-9-12-23(6)13-10-17)24-14-18(26)25(16(2)3)20(4,5)15-24/h16-17H,7-15H2,1-6H3,(H,21,22). The number of amides is 1. The van der Waals surface area contributed by atoms with Gasteiger partial charge in [-0.25, -0.2) is 0 Å². The fraction of sp³-hybridized carbons (Fsp3) is 0.900. The van der Waals surface area contributed by atoms with Gasteiger partial charge in [-0.1, -0.05) is 0 Å². The van der Waals surface area contributed by atoms with E-state index in [0.717, 1.165) is 37.9 Å². The first-order chi connectivity index (χ1) is 12.2. The predicted octanol–water partition coefficient (Wildman–Crippen LogP) is 2.02. The van der Waals surface area contributed by atoms with Gasteiger partial charge in [-0.15, -0.1) is 0 Å². The predicted molar refractivity (Wildman–Crippen MR) is 108 cm³/mol. The molecule has 2 aliphatic heterocycles. The topological polar surface area (TPSA) is 51.2 Å². The van der Waals surface area contributed by atoms with Crippen molar-refractivity contribution >= 4 is 11.9 Å². The molecule has 0 aliphatic carbocycles. The second kappa shape index (κ2) is 9.07. The molecule has 2 aliphatic rings. The Hall–Kier alpha value is -1.30. The summed E-state index contributed by atoms with van der Waals surface area (Å²) in [6, 6.07) is 0.226. The van der Waals surface area contributed by atoms with Gasteiger partial charge in [0.2, 0.25) is 5.91 Å². The number of likely N-dealkylation sites (tertiary alicyclic amines) is 1. The molecule has 6 nitrogen and oxygen atoms in total. The monoisotopic (exact) mass is 365 g/mol.